The minimum absolute atomic E-state index is 0.456. The Kier molecular flexibility index (Phi) is 2.35. The average Bonchev–Trinajstić information content (AvgIpc) is 3.10. The van der Waals surface area contributed by atoms with Gasteiger partial charge in [-0.15, -0.1) is 0 Å². The summed E-state index contributed by atoms with van der Waals surface area (Å²) in [5, 5.41) is 4.67. The Morgan fingerprint density at radius 1 is 1.28 bits per heavy atom. The standard InChI is InChI=1S/C16H20ClN/c1-16-7-6-13-12(14(16)8-18-9-16)5-4-11(15(13)17)10-2-3-10/h4-5,10,14,18H,2-3,6-9H2,1H3/t14-,16-/m0/s1. The predicted octanol–water partition coefficient (Wildman–Crippen LogP) is 3.86. The van der Waals surface area contributed by atoms with Crippen molar-refractivity contribution in [2.24, 2.45) is 5.41 Å². The van der Waals surface area contributed by atoms with Gasteiger partial charge in [0, 0.05) is 24.0 Å². The lowest BCUT2D eigenvalue weighted by Gasteiger charge is -2.37. The molecule has 3 aliphatic rings. The highest BCUT2D eigenvalue weighted by Crippen LogP contribution is 2.52. The van der Waals surface area contributed by atoms with Crippen LogP contribution in [0, 0.1) is 5.41 Å². The maximum atomic E-state index is 6.68. The molecular formula is C16H20ClN. The molecule has 4 rings (SSSR count). The lowest BCUT2D eigenvalue weighted by Crippen LogP contribution is -2.30. The Labute approximate surface area is 114 Å². The van der Waals surface area contributed by atoms with E-state index in [1.54, 1.807) is 0 Å². The highest BCUT2D eigenvalue weighted by molar-refractivity contribution is 6.32. The fourth-order valence-electron chi connectivity index (χ4n) is 3.97. The van der Waals surface area contributed by atoms with E-state index in [2.05, 4.69) is 24.4 Å². The molecule has 1 nitrogen and oxygen atoms in total. The summed E-state index contributed by atoms with van der Waals surface area (Å²) in [5.74, 6) is 1.44. The van der Waals surface area contributed by atoms with Crippen LogP contribution in [-0.2, 0) is 6.42 Å². The van der Waals surface area contributed by atoms with Crippen LogP contribution >= 0.6 is 11.6 Å². The molecule has 1 N–H and O–H groups in total. The highest BCUT2D eigenvalue weighted by atomic mass is 35.5. The Balaban J connectivity index is 1.82. The Bertz CT molecular complexity index is 506. The van der Waals surface area contributed by atoms with Crippen LogP contribution in [0.5, 0.6) is 0 Å². The van der Waals surface area contributed by atoms with Crippen molar-refractivity contribution in [1.29, 1.82) is 0 Å². The van der Waals surface area contributed by atoms with Gasteiger partial charge in [0.2, 0.25) is 0 Å². The number of halogens is 1. The molecule has 96 valence electrons. The molecule has 1 saturated heterocycles. The van der Waals surface area contributed by atoms with Crippen molar-refractivity contribution in [3.05, 3.63) is 33.8 Å². The third kappa shape index (κ3) is 1.50. The fraction of sp³-hybridized carbons (Fsp3) is 0.625. The van der Waals surface area contributed by atoms with Gasteiger partial charge in [-0.25, -0.2) is 0 Å². The maximum Gasteiger partial charge on any atom is 0.0475 e. The van der Waals surface area contributed by atoms with Crippen molar-refractivity contribution in [3.63, 3.8) is 0 Å². The Morgan fingerprint density at radius 3 is 2.83 bits per heavy atom. The van der Waals surface area contributed by atoms with Gasteiger partial charge in [-0.3, -0.25) is 0 Å². The van der Waals surface area contributed by atoms with Gasteiger partial charge in [0.25, 0.3) is 0 Å². The minimum atomic E-state index is 0.456. The van der Waals surface area contributed by atoms with Gasteiger partial charge < -0.3 is 5.32 Å². The summed E-state index contributed by atoms with van der Waals surface area (Å²) < 4.78 is 0. The Hall–Kier alpha value is -0.530. The molecule has 0 bridgehead atoms. The second-order valence-corrected chi connectivity index (χ2v) is 7.03. The van der Waals surface area contributed by atoms with E-state index in [9.17, 15) is 0 Å². The summed E-state index contributed by atoms with van der Waals surface area (Å²) >= 11 is 6.68. The summed E-state index contributed by atoms with van der Waals surface area (Å²) in [6.45, 7) is 4.73. The summed E-state index contributed by atoms with van der Waals surface area (Å²) in [5.41, 5.74) is 4.87. The van der Waals surface area contributed by atoms with Gasteiger partial charge >= 0.3 is 0 Å². The summed E-state index contributed by atoms with van der Waals surface area (Å²) in [4.78, 5) is 0. The summed E-state index contributed by atoms with van der Waals surface area (Å²) in [7, 11) is 0. The molecule has 1 heterocycles. The normalized spacial score (nSPS) is 34.2. The van der Waals surface area contributed by atoms with Crippen LogP contribution in [0.4, 0.5) is 0 Å². The second-order valence-electron chi connectivity index (χ2n) is 6.65. The zero-order chi connectivity index (χ0) is 12.3. The number of nitrogens with one attached hydrogen (secondary N) is 1. The van der Waals surface area contributed by atoms with Gasteiger partial charge in [-0.2, -0.15) is 0 Å². The van der Waals surface area contributed by atoms with Gasteiger partial charge in [0.1, 0.15) is 0 Å². The van der Waals surface area contributed by atoms with Crippen LogP contribution in [0.3, 0.4) is 0 Å². The van der Waals surface area contributed by atoms with Gasteiger partial charge in [-0.1, -0.05) is 30.7 Å². The first-order valence-corrected chi connectivity index (χ1v) is 7.59. The molecule has 1 saturated carbocycles. The van der Waals surface area contributed by atoms with Crippen molar-refractivity contribution in [3.8, 4) is 0 Å². The third-order valence-electron chi connectivity index (χ3n) is 5.37. The molecule has 2 aliphatic carbocycles. The first kappa shape index (κ1) is 11.3. The second kappa shape index (κ2) is 3.74. The van der Waals surface area contributed by atoms with E-state index in [1.165, 1.54) is 48.9 Å². The molecule has 0 aromatic heterocycles. The largest absolute Gasteiger partial charge is 0.316 e. The topological polar surface area (TPSA) is 12.0 Å². The van der Waals surface area contributed by atoms with Crippen LogP contribution in [-0.4, -0.2) is 13.1 Å². The molecular weight excluding hydrogens is 242 g/mol. The van der Waals surface area contributed by atoms with E-state index < -0.39 is 0 Å². The van der Waals surface area contributed by atoms with Crippen molar-refractivity contribution in [1.82, 2.24) is 5.32 Å². The van der Waals surface area contributed by atoms with E-state index in [-0.39, 0.29) is 0 Å². The van der Waals surface area contributed by atoms with E-state index in [4.69, 9.17) is 11.6 Å². The van der Waals surface area contributed by atoms with E-state index in [0.717, 1.165) is 17.5 Å². The van der Waals surface area contributed by atoms with Gasteiger partial charge in [0.15, 0.2) is 0 Å². The van der Waals surface area contributed by atoms with E-state index in [1.807, 2.05) is 0 Å². The van der Waals surface area contributed by atoms with Crippen LogP contribution in [0.2, 0.25) is 5.02 Å². The smallest absolute Gasteiger partial charge is 0.0475 e. The SMILES string of the molecule is C[C@@]12CCc3c(ccc(C4CC4)c3Cl)[C@@H]1CNC2. The Morgan fingerprint density at radius 2 is 2.06 bits per heavy atom. The van der Waals surface area contributed by atoms with Crippen LogP contribution in [0.25, 0.3) is 0 Å². The first-order valence-electron chi connectivity index (χ1n) is 7.21. The van der Waals surface area contributed by atoms with Crippen molar-refractivity contribution < 1.29 is 0 Å². The molecule has 1 aromatic rings. The molecule has 2 atom stereocenters. The lowest BCUT2D eigenvalue weighted by atomic mass is 9.67. The molecule has 0 spiro atoms. The van der Waals surface area contributed by atoms with Crippen LogP contribution < -0.4 is 5.32 Å². The highest BCUT2D eigenvalue weighted by Gasteiger charge is 2.44. The predicted molar refractivity (Wildman–Crippen MR) is 75.5 cm³/mol. The van der Waals surface area contributed by atoms with Crippen molar-refractivity contribution >= 4 is 11.6 Å². The summed E-state index contributed by atoms with van der Waals surface area (Å²) in [6.07, 6.45) is 5.12. The number of hydrogen-bond donors (Lipinski definition) is 1. The lowest BCUT2D eigenvalue weighted by molar-refractivity contribution is 0.277. The molecule has 2 fully saturated rings. The van der Waals surface area contributed by atoms with Gasteiger partial charge in [0.05, 0.1) is 0 Å². The quantitative estimate of drug-likeness (QED) is 0.810. The number of benzene rings is 1. The first-order chi connectivity index (χ1) is 8.69. The third-order valence-corrected chi connectivity index (χ3v) is 5.81. The van der Waals surface area contributed by atoms with Crippen molar-refractivity contribution in [2.45, 2.75) is 44.4 Å². The molecule has 0 unspecified atom stereocenters. The molecule has 0 amide bonds. The number of hydrogen-bond acceptors (Lipinski definition) is 1. The molecule has 18 heavy (non-hydrogen) atoms. The molecule has 2 heteroatoms. The van der Waals surface area contributed by atoms with E-state index >= 15 is 0 Å². The van der Waals surface area contributed by atoms with E-state index in [0.29, 0.717) is 11.3 Å². The zero-order valence-corrected chi connectivity index (χ0v) is 11.7. The maximum absolute atomic E-state index is 6.68. The zero-order valence-electron chi connectivity index (χ0n) is 10.9. The molecule has 0 radical (unpaired) electrons. The number of rotatable bonds is 1. The molecule has 1 aromatic carbocycles. The average molecular weight is 262 g/mol. The minimum Gasteiger partial charge on any atom is -0.316 e. The van der Waals surface area contributed by atoms with Crippen LogP contribution in [0.15, 0.2) is 12.1 Å². The van der Waals surface area contributed by atoms with Gasteiger partial charge in [-0.05, 0) is 53.7 Å². The van der Waals surface area contributed by atoms with Crippen LogP contribution in [0.1, 0.15) is 54.7 Å². The molecule has 1 aliphatic heterocycles. The fourth-order valence-corrected chi connectivity index (χ4v) is 4.40. The monoisotopic (exact) mass is 261 g/mol. The number of fused-ring (bicyclic) bond motifs is 3. The van der Waals surface area contributed by atoms with Crippen molar-refractivity contribution in [2.75, 3.05) is 13.1 Å². The summed E-state index contributed by atoms with van der Waals surface area (Å²) in [6, 6.07) is 4.69.